The fourth-order valence-corrected chi connectivity index (χ4v) is 1.47. The highest BCUT2D eigenvalue weighted by molar-refractivity contribution is 5.81. The summed E-state index contributed by atoms with van der Waals surface area (Å²) in [4.78, 5) is 10.8. The van der Waals surface area contributed by atoms with Gasteiger partial charge in [0, 0.05) is 13.2 Å². The minimum absolute atomic E-state index is 0.268. The predicted molar refractivity (Wildman–Crippen MR) is 54.8 cm³/mol. The molecule has 0 spiro atoms. The molecule has 1 heterocycles. The first kappa shape index (κ1) is 14.1. The number of ether oxygens (including phenoxy) is 3. The van der Waals surface area contributed by atoms with E-state index in [1.165, 1.54) is 7.11 Å². The van der Waals surface area contributed by atoms with Gasteiger partial charge in [0.1, 0.15) is 31.0 Å². The van der Waals surface area contributed by atoms with Gasteiger partial charge in [0.2, 0.25) is 0 Å². The summed E-state index contributed by atoms with van der Waals surface area (Å²) in [6.07, 6.45) is -5.24. The van der Waals surface area contributed by atoms with E-state index >= 15 is 0 Å². The fourth-order valence-electron chi connectivity index (χ4n) is 1.47. The van der Waals surface area contributed by atoms with Crippen LogP contribution < -0.4 is 0 Å². The summed E-state index contributed by atoms with van der Waals surface area (Å²) >= 11 is 0. The number of esters is 1. The van der Waals surface area contributed by atoms with Crippen LogP contribution in [0.5, 0.6) is 0 Å². The van der Waals surface area contributed by atoms with E-state index in [0.29, 0.717) is 0 Å². The normalized spacial score (nSPS) is 37.5. The minimum atomic E-state index is -1.43. The van der Waals surface area contributed by atoms with Gasteiger partial charge in [-0.15, -0.1) is 0 Å². The monoisotopic (exact) mass is 248 g/mol. The maximum atomic E-state index is 10.8. The van der Waals surface area contributed by atoms with E-state index in [9.17, 15) is 20.1 Å². The van der Waals surface area contributed by atoms with E-state index in [4.69, 9.17) is 9.47 Å². The van der Waals surface area contributed by atoms with Crippen LogP contribution in [0.25, 0.3) is 0 Å². The molecular formula is C10H16O7. The van der Waals surface area contributed by atoms with Gasteiger partial charge in [0.25, 0.3) is 0 Å². The Morgan fingerprint density at radius 3 is 2.53 bits per heavy atom. The first-order valence-electron chi connectivity index (χ1n) is 5.03. The van der Waals surface area contributed by atoms with Crippen molar-refractivity contribution in [1.29, 1.82) is 0 Å². The molecule has 0 aliphatic carbocycles. The van der Waals surface area contributed by atoms with Crippen molar-refractivity contribution in [2.24, 2.45) is 0 Å². The number of aliphatic hydroxyl groups excluding tert-OH is 3. The number of carbonyl (C=O) groups is 1. The van der Waals surface area contributed by atoms with Gasteiger partial charge in [-0.05, 0) is 0 Å². The third-order valence-corrected chi connectivity index (χ3v) is 2.46. The molecule has 1 rings (SSSR count). The number of methoxy groups -OCH3 is 1. The highest BCUT2D eigenvalue weighted by Gasteiger charge is 2.44. The van der Waals surface area contributed by atoms with Crippen molar-refractivity contribution >= 4 is 5.97 Å². The molecule has 1 fully saturated rings. The molecule has 1 saturated heterocycles. The lowest BCUT2D eigenvalue weighted by Gasteiger charge is -2.39. The summed E-state index contributed by atoms with van der Waals surface area (Å²) in [5.74, 6) is -0.671. The van der Waals surface area contributed by atoms with E-state index in [2.05, 4.69) is 11.3 Å². The molecule has 0 amide bonds. The number of hydrogen-bond donors (Lipinski definition) is 3. The van der Waals surface area contributed by atoms with Crippen molar-refractivity contribution in [1.82, 2.24) is 0 Å². The molecule has 98 valence electrons. The van der Waals surface area contributed by atoms with E-state index in [0.717, 1.165) is 6.08 Å². The van der Waals surface area contributed by atoms with Gasteiger partial charge < -0.3 is 29.5 Å². The predicted octanol–water partition coefficient (Wildman–Crippen LogP) is -1.83. The number of carbonyl (C=O) groups excluding carboxylic acids is 1. The van der Waals surface area contributed by atoms with Crippen LogP contribution >= 0.6 is 0 Å². The average Bonchev–Trinajstić information content (AvgIpc) is 2.34. The standard InChI is InChI=1S/C10H16O7/c1-3-6(11)16-4-5-7(12)8(13)9(14)10(15-2)17-5/h3,5,7-10,12-14H,1,4H2,2H3/t5-,7-,8+,9-,10+/m1/s1. The summed E-state index contributed by atoms with van der Waals surface area (Å²) in [6, 6.07) is 0. The molecular weight excluding hydrogens is 232 g/mol. The molecule has 3 N–H and O–H groups in total. The van der Waals surface area contributed by atoms with Gasteiger partial charge in [0.15, 0.2) is 6.29 Å². The summed E-state index contributed by atoms with van der Waals surface area (Å²) in [5, 5.41) is 28.6. The maximum Gasteiger partial charge on any atom is 0.330 e. The largest absolute Gasteiger partial charge is 0.460 e. The minimum Gasteiger partial charge on any atom is -0.460 e. The van der Waals surface area contributed by atoms with Crippen LogP contribution in [0, 0.1) is 0 Å². The van der Waals surface area contributed by atoms with Gasteiger partial charge in [-0.1, -0.05) is 6.58 Å². The summed E-state index contributed by atoms with van der Waals surface area (Å²) in [7, 11) is 1.28. The Balaban J connectivity index is 2.59. The Kier molecular flexibility index (Phi) is 5.03. The first-order valence-corrected chi connectivity index (χ1v) is 5.03. The second kappa shape index (κ2) is 6.08. The Bertz CT molecular complexity index is 278. The molecule has 5 atom stereocenters. The summed E-state index contributed by atoms with van der Waals surface area (Å²) in [6.45, 7) is 2.94. The zero-order chi connectivity index (χ0) is 13.0. The summed E-state index contributed by atoms with van der Waals surface area (Å²) in [5.41, 5.74) is 0. The summed E-state index contributed by atoms with van der Waals surface area (Å²) < 4.78 is 14.6. The Hall–Kier alpha value is -0.990. The van der Waals surface area contributed by atoms with Gasteiger partial charge >= 0.3 is 5.97 Å². The van der Waals surface area contributed by atoms with Gasteiger partial charge in [-0.2, -0.15) is 0 Å². The second-order valence-corrected chi connectivity index (χ2v) is 3.58. The fraction of sp³-hybridized carbons (Fsp3) is 0.700. The zero-order valence-electron chi connectivity index (χ0n) is 9.35. The van der Waals surface area contributed by atoms with E-state index in [-0.39, 0.29) is 6.61 Å². The lowest BCUT2D eigenvalue weighted by Crippen LogP contribution is -2.59. The SMILES string of the molecule is C=CC(=O)OC[C@H]1O[C@H](OC)[C@H](O)[C@@H](O)[C@@H]1O. The molecule has 0 aromatic heterocycles. The Labute approximate surface area is 98.2 Å². The molecule has 0 aromatic carbocycles. The molecule has 17 heavy (non-hydrogen) atoms. The van der Waals surface area contributed by atoms with E-state index in [1.54, 1.807) is 0 Å². The third-order valence-electron chi connectivity index (χ3n) is 2.46. The van der Waals surface area contributed by atoms with Crippen LogP contribution in [0.4, 0.5) is 0 Å². The van der Waals surface area contributed by atoms with Crippen molar-refractivity contribution in [3.63, 3.8) is 0 Å². The van der Waals surface area contributed by atoms with Crippen LogP contribution in [-0.2, 0) is 19.0 Å². The molecule has 0 unspecified atom stereocenters. The van der Waals surface area contributed by atoms with Gasteiger partial charge in [-0.3, -0.25) is 0 Å². The van der Waals surface area contributed by atoms with Crippen molar-refractivity contribution < 1.29 is 34.3 Å². The van der Waals surface area contributed by atoms with E-state index in [1.807, 2.05) is 0 Å². The Morgan fingerprint density at radius 2 is 2.00 bits per heavy atom. The second-order valence-electron chi connectivity index (χ2n) is 3.58. The molecule has 7 heteroatoms. The zero-order valence-corrected chi connectivity index (χ0v) is 9.35. The third kappa shape index (κ3) is 3.24. The van der Waals surface area contributed by atoms with E-state index < -0.39 is 36.7 Å². The van der Waals surface area contributed by atoms with Crippen LogP contribution in [-0.4, -0.2) is 65.7 Å². The molecule has 7 nitrogen and oxygen atoms in total. The van der Waals surface area contributed by atoms with Crippen molar-refractivity contribution in [2.45, 2.75) is 30.7 Å². The average molecular weight is 248 g/mol. The smallest absolute Gasteiger partial charge is 0.330 e. The lowest BCUT2D eigenvalue weighted by molar-refractivity contribution is -0.294. The van der Waals surface area contributed by atoms with Gasteiger partial charge in [0.05, 0.1) is 0 Å². The number of aliphatic hydroxyl groups is 3. The van der Waals surface area contributed by atoms with Gasteiger partial charge in [-0.25, -0.2) is 4.79 Å². The molecule has 0 radical (unpaired) electrons. The number of rotatable bonds is 4. The van der Waals surface area contributed by atoms with Crippen LogP contribution in [0.15, 0.2) is 12.7 Å². The molecule has 0 bridgehead atoms. The number of hydrogen-bond acceptors (Lipinski definition) is 7. The van der Waals surface area contributed by atoms with Crippen LogP contribution in [0.3, 0.4) is 0 Å². The molecule has 1 aliphatic heterocycles. The van der Waals surface area contributed by atoms with Crippen molar-refractivity contribution in [3.05, 3.63) is 12.7 Å². The quantitative estimate of drug-likeness (QED) is 0.397. The highest BCUT2D eigenvalue weighted by Crippen LogP contribution is 2.21. The molecule has 1 aliphatic rings. The maximum absolute atomic E-state index is 10.8. The van der Waals surface area contributed by atoms with Crippen LogP contribution in [0.2, 0.25) is 0 Å². The topological polar surface area (TPSA) is 105 Å². The van der Waals surface area contributed by atoms with Crippen molar-refractivity contribution in [2.75, 3.05) is 13.7 Å². The Morgan fingerprint density at radius 1 is 1.35 bits per heavy atom. The first-order chi connectivity index (χ1) is 8.01. The molecule has 0 saturated carbocycles. The van der Waals surface area contributed by atoms with Crippen LogP contribution in [0.1, 0.15) is 0 Å². The van der Waals surface area contributed by atoms with Crippen molar-refractivity contribution in [3.8, 4) is 0 Å². The molecule has 0 aromatic rings. The highest BCUT2D eigenvalue weighted by atomic mass is 16.7. The lowest BCUT2D eigenvalue weighted by atomic mass is 9.99.